The molecule has 0 saturated carbocycles. The molecule has 0 aliphatic carbocycles. The van der Waals surface area contributed by atoms with Gasteiger partial charge in [-0.2, -0.15) is 13.2 Å². The predicted octanol–water partition coefficient (Wildman–Crippen LogP) is 1.01. The molecule has 1 heterocycles. The van der Waals surface area contributed by atoms with Gasteiger partial charge in [0.25, 0.3) is 5.91 Å². The van der Waals surface area contributed by atoms with Crippen molar-refractivity contribution in [1.82, 2.24) is 10.3 Å². The molecular weight excluding hydrogens is 255 g/mol. The smallest absolute Gasteiger partial charge is 0.389 e. The van der Waals surface area contributed by atoms with E-state index in [1.54, 1.807) is 5.32 Å². The van der Waals surface area contributed by atoms with Gasteiger partial charge in [-0.15, -0.1) is 0 Å². The molecule has 8 heteroatoms. The third kappa shape index (κ3) is 4.35. The lowest BCUT2D eigenvalue weighted by Crippen LogP contribution is -2.34. The highest BCUT2D eigenvalue weighted by atomic mass is 32.1. The second-order valence-electron chi connectivity index (χ2n) is 3.09. The SMILES string of the molecule is NC(=S)c1ccc(C(=O)NCC(F)(F)F)nc1. The van der Waals surface area contributed by atoms with E-state index in [1.165, 1.54) is 18.3 Å². The molecule has 0 unspecified atom stereocenters. The quantitative estimate of drug-likeness (QED) is 0.799. The van der Waals surface area contributed by atoms with Crippen LogP contribution in [0.25, 0.3) is 0 Å². The molecule has 0 saturated heterocycles. The number of halogens is 3. The van der Waals surface area contributed by atoms with E-state index in [4.69, 9.17) is 5.73 Å². The molecule has 0 bridgehead atoms. The Bertz CT molecular complexity index is 430. The number of amides is 1. The number of carbonyl (C=O) groups excluding carboxylic acids is 1. The zero-order chi connectivity index (χ0) is 13.1. The third-order valence-corrected chi connectivity index (χ3v) is 1.97. The fourth-order valence-electron chi connectivity index (χ4n) is 0.945. The van der Waals surface area contributed by atoms with Gasteiger partial charge in [-0.05, 0) is 12.1 Å². The van der Waals surface area contributed by atoms with E-state index >= 15 is 0 Å². The molecular formula is C9H8F3N3OS. The summed E-state index contributed by atoms with van der Waals surface area (Å²) >= 11 is 4.66. The molecule has 1 rings (SSSR count). The van der Waals surface area contributed by atoms with Crippen molar-refractivity contribution in [3.05, 3.63) is 29.6 Å². The lowest BCUT2D eigenvalue weighted by atomic mass is 10.2. The standard InChI is InChI=1S/C9H8F3N3OS/c10-9(11,12)4-15-8(16)6-2-1-5(3-14-6)7(13)17/h1-3H,4H2,(H2,13,17)(H,15,16). The minimum Gasteiger partial charge on any atom is -0.389 e. The summed E-state index contributed by atoms with van der Waals surface area (Å²) in [5.41, 5.74) is 5.60. The Morgan fingerprint density at radius 1 is 1.47 bits per heavy atom. The van der Waals surface area contributed by atoms with Gasteiger partial charge in [0.2, 0.25) is 0 Å². The number of aromatic nitrogens is 1. The number of alkyl halides is 3. The first-order chi connectivity index (χ1) is 7.79. The minimum absolute atomic E-state index is 0.0970. The molecule has 4 nitrogen and oxygen atoms in total. The molecule has 1 amide bonds. The van der Waals surface area contributed by atoms with Crippen LogP contribution >= 0.6 is 12.2 Å². The number of thiocarbonyl (C=S) groups is 1. The van der Waals surface area contributed by atoms with Crippen LogP contribution in [0.1, 0.15) is 16.1 Å². The fourth-order valence-corrected chi connectivity index (χ4v) is 1.07. The lowest BCUT2D eigenvalue weighted by molar-refractivity contribution is -0.123. The molecule has 0 radical (unpaired) electrons. The maximum atomic E-state index is 11.8. The van der Waals surface area contributed by atoms with Crippen molar-refractivity contribution in [1.29, 1.82) is 0 Å². The first-order valence-electron chi connectivity index (χ1n) is 4.40. The highest BCUT2D eigenvalue weighted by Gasteiger charge is 2.28. The Balaban J connectivity index is 2.67. The highest BCUT2D eigenvalue weighted by Crippen LogP contribution is 2.12. The van der Waals surface area contributed by atoms with Gasteiger partial charge < -0.3 is 11.1 Å². The van der Waals surface area contributed by atoms with Crippen molar-refractivity contribution in [3.8, 4) is 0 Å². The average molecular weight is 263 g/mol. The van der Waals surface area contributed by atoms with E-state index in [2.05, 4.69) is 17.2 Å². The third-order valence-electron chi connectivity index (χ3n) is 1.73. The van der Waals surface area contributed by atoms with E-state index in [9.17, 15) is 18.0 Å². The summed E-state index contributed by atoms with van der Waals surface area (Å²) in [6.45, 7) is -1.40. The summed E-state index contributed by atoms with van der Waals surface area (Å²) in [6, 6.07) is 2.66. The van der Waals surface area contributed by atoms with E-state index in [0.29, 0.717) is 5.56 Å². The number of hydrogen-bond donors (Lipinski definition) is 2. The van der Waals surface area contributed by atoms with Crippen molar-refractivity contribution in [3.63, 3.8) is 0 Å². The van der Waals surface area contributed by atoms with Crippen LogP contribution in [0.5, 0.6) is 0 Å². The van der Waals surface area contributed by atoms with Gasteiger partial charge in [0.1, 0.15) is 17.2 Å². The number of carbonyl (C=O) groups is 1. The van der Waals surface area contributed by atoms with E-state index in [1.807, 2.05) is 0 Å². The van der Waals surface area contributed by atoms with E-state index in [0.717, 1.165) is 0 Å². The number of rotatable bonds is 3. The highest BCUT2D eigenvalue weighted by molar-refractivity contribution is 7.80. The molecule has 1 aromatic rings. The summed E-state index contributed by atoms with van der Waals surface area (Å²) in [5.74, 6) is -0.906. The van der Waals surface area contributed by atoms with Gasteiger partial charge in [0.05, 0.1) is 0 Å². The number of pyridine rings is 1. The first kappa shape index (κ1) is 13.4. The summed E-state index contributed by atoms with van der Waals surface area (Å²) in [5, 5.41) is 1.70. The second-order valence-corrected chi connectivity index (χ2v) is 3.53. The second kappa shape index (κ2) is 5.09. The van der Waals surface area contributed by atoms with E-state index < -0.39 is 18.6 Å². The molecule has 0 spiro atoms. The van der Waals surface area contributed by atoms with Crippen LogP contribution in [0.4, 0.5) is 13.2 Å². The maximum Gasteiger partial charge on any atom is 0.405 e. The van der Waals surface area contributed by atoms with E-state index in [-0.39, 0.29) is 10.7 Å². The zero-order valence-corrected chi connectivity index (χ0v) is 9.23. The fraction of sp³-hybridized carbons (Fsp3) is 0.222. The van der Waals surface area contributed by atoms with Gasteiger partial charge in [0, 0.05) is 11.8 Å². The molecule has 92 valence electrons. The lowest BCUT2D eigenvalue weighted by Gasteiger charge is -2.07. The largest absolute Gasteiger partial charge is 0.405 e. The Morgan fingerprint density at radius 2 is 2.12 bits per heavy atom. The van der Waals surface area contributed by atoms with Crippen LogP contribution in [0.2, 0.25) is 0 Å². The molecule has 0 fully saturated rings. The van der Waals surface area contributed by atoms with Crippen molar-refractivity contribution >= 4 is 23.1 Å². The summed E-state index contributed by atoms with van der Waals surface area (Å²) in [6.07, 6.45) is -3.22. The van der Waals surface area contributed by atoms with Crippen molar-refractivity contribution < 1.29 is 18.0 Å². The number of hydrogen-bond acceptors (Lipinski definition) is 3. The minimum atomic E-state index is -4.45. The van der Waals surface area contributed by atoms with Crippen LogP contribution in [-0.4, -0.2) is 28.6 Å². The Labute approximate surface area is 100 Å². The molecule has 17 heavy (non-hydrogen) atoms. The van der Waals surface area contributed by atoms with Gasteiger partial charge in [-0.25, -0.2) is 0 Å². The molecule has 1 aromatic heterocycles. The summed E-state index contributed by atoms with van der Waals surface area (Å²) in [4.78, 5) is 15.0. The predicted molar refractivity (Wildman–Crippen MR) is 58.5 cm³/mol. The van der Waals surface area contributed by atoms with Crippen LogP contribution in [0.15, 0.2) is 18.3 Å². The van der Waals surface area contributed by atoms with Gasteiger partial charge in [-0.1, -0.05) is 12.2 Å². The topological polar surface area (TPSA) is 68.0 Å². The monoisotopic (exact) mass is 263 g/mol. The van der Waals surface area contributed by atoms with Gasteiger partial charge in [0.15, 0.2) is 0 Å². The first-order valence-corrected chi connectivity index (χ1v) is 4.81. The molecule has 3 N–H and O–H groups in total. The van der Waals surface area contributed by atoms with Crippen molar-refractivity contribution in [2.45, 2.75) is 6.18 Å². The Hall–Kier alpha value is -1.70. The molecule has 0 aromatic carbocycles. The van der Waals surface area contributed by atoms with Crippen LogP contribution < -0.4 is 11.1 Å². The molecule has 0 aliphatic heterocycles. The van der Waals surface area contributed by atoms with Gasteiger partial charge in [-0.3, -0.25) is 9.78 Å². The summed E-state index contributed by atoms with van der Waals surface area (Å²) in [7, 11) is 0. The maximum absolute atomic E-state index is 11.8. The van der Waals surface area contributed by atoms with Crippen molar-refractivity contribution in [2.75, 3.05) is 6.54 Å². The number of nitrogens with two attached hydrogens (primary N) is 1. The average Bonchev–Trinajstić information content (AvgIpc) is 2.25. The molecule has 0 atom stereocenters. The van der Waals surface area contributed by atoms with Crippen molar-refractivity contribution in [2.24, 2.45) is 5.73 Å². The number of nitrogens with one attached hydrogen (secondary N) is 1. The Morgan fingerprint density at radius 3 is 2.53 bits per heavy atom. The van der Waals surface area contributed by atoms with Gasteiger partial charge >= 0.3 is 6.18 Å². The Kier molecular flexibility index (Phi) is 4.00. The normalized spacial score (nSPS) is 11.0. The zero-order valence-electron chi connectivity index (χ0n) is 8.41. The molecule has 0 aliphatic rings. The van der Waals surface area contributed by atoms with Crippen LogP contribution in [-0.2, 0) is 0 Å². The van der Waals surface area contributed by atoms with Crippen LogP contribution in [0.3, 0.4) is 0 Å². The number of nitrogens with zero attached hydrogens (tertiary/aromatic N) is 1. The summed E-state index contributed by atoms with van der Waals surface area (Å²) < 4.78 is 35.5. The van der Waals surface area contributed by atoms with Crippen LogP contribution in [0, 0.1) is 0 Å².